The normalized spacial score (nSPS) is 10.7. The molecule has 0 aliphatic heterocycles. The Labute approximate surface area is 215 Å². The molecule has 5 aromatic carbocycles. The predicted molar refractivity (Wildman–Crippen MR) is 147 cm³/mol. The van der Waals surface area contributed by atoms with Crippen LogP contribution in [0.3, 0.4) is 0 Å². The van der Waals surface area contributed by atoms with E-state index in [0.29, 0.717) is 0 Å². The van der Waals surface area contributed by atoms with Crippen molar-refractivity contribution in [3.05, 3.63) is 132 Å². The average Bonchev–Trinajstić information content (AvgIpc) is 2.93. The van der Waals surface area contributed by atoms with Crippen LogP contribution >= 0.6 is 0 Å². The molecule has 0 aromatic heterocycles. The molecule has 0 unspecified atom stereocenters. The van der Waals surface area contributed by atoms with E-state index in [1.807, 2.05) is 42.5 Å². The Balaban J connectivity index is 1.80. The van der Waals surface area contributed by atoms with E-state index in [1.54, 1.807) is 24.3 Å². The summed E-state index contributed by atoms with van der Waals surface area (Å²) in [5.74, 6) is -1.95. The zero-order valence-electron chi connectivity index (χ0n) is 20.2. The Morgan fingerprint density at radius 2 is 0.784 bits per heavy atom. The number of hydrogen-bond acceptors (Lipinski definition) is 2. The standard InChI is InChI=1S/C33H24O4/c1-21-7-9-23(10-8-21)29-20-31(25-13-17-27(18-14-25)33(36)37)30(19-28(29)22-5-3-2-4-6-22)24-11-15-26(16-12-24)32(34)35/h2-20H,1H3,(H,34,35)(H,36,37). The highest BCUT2D eigenvalue weighted by atomic mass is 16.4. The third kappa shape index (κ3) is 4.91. The highest BCUT2D eigenvalue weighted by Gasteiger charge is 2.17. The smallest absolute Gasteiger partial charge is 0.335 e. The Hall–Kier alpha value is -4.96. The van der Waals surface area contributed by atoms with Gasteiger partial charge in [-0.2, -0.15) is 0 Å². The molecule has 0 saturated carbocycles. The van der Waals surface area contributed by atoms with Crippen molar-refractivity contribution >= 4 is 11.9 Å². The van der Waals surface area contributed by atoms with E-state index in [9.17, 15) is 19.8 Å². The van der Waals surface area contributed by atoms with Gasteiger partial charge in [0.25, 0.3) is 0 Å². The summed E-state index contributed by atoms with van der Waals surface area (Å²) in [6, 6.07) is 36.5. The second-order valence-electron chi connectivity index (χ2n) is 8.94. The first kappa shape index (κ1) is 23.8. The zero-order valence-corrected chi connectivity index (χ0v) is 20.2. The molecular formula is C33H24O4. The molecule has 0 aliphatic rings. The van der Waals surface area contributed by atoms with E-state index in [2.05, 4.69) is 55.5 Å². The molecule has 0 atom stereocenters. The number of aromatic carboxylic acids is 2. The first-order valence-electron chi connectivity index (χ1n) is 11.9. The van der Waals surface area contributed by atoms with Crippen LogP contribution in [0.15, 0.2) is 115 Å². The van der Waals surface area contributed by atoms with Crippen LogP contribution in [-0.2, 0) is 0 Å². The first-order chi connectivity index (χ1) is 17.9. The summed E-state index contributed by atoms with van der Waals surface area (Å²) >= 11 is 0. The van der Waals surface area contributed by atoms with Gasteiger partial charge in [-0.1, -0.05) is 84.4 Å². The Morgan fingerprint density at radius 1 is 0.459 bits per heavy atom. The van der Waals surface area contributed by atoms with E-state index >= 15 is 0 Å². The highest BCUT2D eigenvalue weighted by molar-refractivity contribution is 5.96. The second-order valence-corrected chi connectivity index (χ2v) is 8.94. The molecule has 0 spiro atoms. The van der Waals surface area contributed by atoms with Gasteiger partial charge in [-0.3, -0.25) is 0 Å². The molecule has 0 aliphatic carbocycles. The molecule has 0 amide bonds. The molecule has 0 saturated heterocycles. The maximum Gasteiger partial charge on any atom is 0.335 e. The molecule has 0 bridgehead atoms. The Morgan fingerprint density at radius 3 is 1.14 bits per heavy atom. The van der Waals surface area contributed by atoms with Gasteiger partial charge in [-0.15, -0.1) is 0 Å². The summed E-state index contributed by atoms with van der Waals surface area (Å²) in [7, 11) is 0. The van der Waals surface area contributed by atoms with E-state index in [0.717, 1.165) is 44.5 Å². The maximum atomic E-state index is 11.4. The lowest BCUT2D eigenvalue weighted by molar-refractivity contribution is 0.0686. The van der Waals surface area contributed by atoms with Crippen molar-refractivity contribution in [2.24, 2.45) is 0 Å². The lowest BCUT2D eigenvalue weighted by atomic mass is 9.85. The minimum absolute atomic E-state index is 0.218. The third-order valence-electron chi connectivity index (χ3n) is 6.49. The van der Waals surface area contributed by atoms with E-state index in [-0.39, 0.29) is 11.1 Å². The summed E-state index contributed by atoms with van der Waals surface area (Å²) in [5.41, 5.74) is 9.43. The fourth-order valence-corrected chi connectivity index (χ4v) is 4.49. The number of benzene rings is 5. The van der Waals surface area contributed by atoms with Crippen LogP contribution in [0.5, 0.6) is 0 Å². The molecule has 37 heavy (non-hydrogen) atoms. The van der Waals surface area contributed by atoms with Crippen molar-refractivity contribution in [3.63, 3.8) is 0 Å². The van der Waals surface area contributed by atoms with E-state index in [4.69, 9.17) is 0 Å². The van der Waals surface area contributed by atoms with Gasteiger partial charge >= 0.3 is 11.9 Å². The quantitative estimate of drug-likeness (QED) is 0.256. The highest BCUT2D eigenvalue weighted by Crippen LogP contribution is 2.42. The molecule has 5 aromatic rings. The van der Waals surface area contributed by atoms with Crippen molar-refractivity contribution in [1.82, 2.24) is 0 Å². The van der Waals surface area contributed by atoms with Gasteiger partial charge in [-0.25, -0.2) is 9.59 Å². The maximum absolute atomic E-state index is 11.4. The fraction of sp³-hybridized carbons (Fsp3) is 0.0303. The molecule has 5 rings (SSSR count). The van der Waals surface area contributed by atoms with Crippen LogP contribution in [0, 0.1) is 6.92 Å². The largest absolute Gasteiger partial charge is 0.478 e. The van der Waals surface area contributed by atoms with Crippen molar-refractivity contribution < 1.29 is 19.8 Å². The lowest BCUT2D eigenvalue weighted by Gasteiger charge is -2.18. The van der Waals surface area contributed by atoms with Gasteiger partial charge in [0.1, 0.15) is 0 Å². The minimum Gasteiger partial charge on any atom is -0.478 e. The van der Waals surface area contributed by atoms with Crippen LogP contribution in [-0.4, -0.2) is 22.2 Å². The number of rotatable bonds is 6. The van der Waals surface area contributed by atoms with Crippen LogP contribution in [0.1, 0.15) is 26.3 Å². The monoisotopic (exact) mass is 484 g/mol. The lowest BCUT2D eigenvalue weighted by Crippen LogP contribution is -1.97. The zero-order chi connectivity index (χ0) is 25.9. The average molecular weight is 485 g/mol. The summed E-state index contributed by atoms with van der Waals surface area (Å²) < 4.78 is 0. The summed E-state index contributed by atoms with van der Waals surface area (Å²) in [4.78, 5) is 22.9. The van der Waals surface area contributed by atoms with Crippen LogP contribution in [0.25, 0.3) is 44.5 Å². The van der Waals surface area contributed by atoms with Gasteiger partial charge in [-0.05, 0) is 87.8 Å². The van der Waals surface area contributed by atoms with Gasteiger partial charge in [0.05, 0.1) is 11.1 Å². The van der Waals surface area contributed by atoms with E-state index < -0.39 is 11.9 Å². The van der Waals surface area contributed by atoms with Gasteiger partial charge in [0.2, 0.25) is 0 Å². The summed E-state index contributed by atoms with van der Waals surface area (Å²) in [5, 5.41) is 18.8. The molecule has 4 nitrogen and oxygen atoms in total. The number of carboxylic acids is 2. The van der Waals surface area contributed by atoms with E-state index in [1.165, 1.54) is 5.56 Å². The summed E-state index contributed by atoms with van der Waals surface area (Å²) in [6.07, 6.45) is 0. The molecule has 180 valence electrons. The Kier molecular flexibility index (Phi) is 6.40. The van der Waals surface area contributed by atoms with Crippen LogP contribution < -0.4 is 0 Å². The minimum atomic E-state index is -0.976. The number of carbonyl (C=O) groups is 2. The van der Waals surface area contributed by atoms with Crippen molar-refractivity contribution in [1.29, 1.82) is 0 Å². The number of hydrogen-bond donors (Lipinski definition) is 2. The van der Waals surface area contributed by atoms with Crippen LogP contribution in [0.2, 0.25) is 0 Å². The molecule has 0 fully saturated rings. The second kappa shape index (κ2) is 9.96. The SMILES string of the molecule is Cc1ccc(-c2cc(-c3ccc(C(=O)O)cc3)c(-c3ccc(C(=O)O)cc3)cc2-c2ccccc2)cc1. The van der Waals surface area contributed by atoms with Gasteiger partial charge in [0.15, 0.2) is 0 Å². The third-order valence-corrected chi connectivity index (χ3v) is 6.49. The first-order valence-corrected chi connectivity index (χ1v) is 11.9. The number of carboxylic acid groups (broad SMARTS) is 2. The number of aryl methyl sites for hydroxylation is 1. The van der Waals surface area contributed by atoms with Crippen molar-refractivity contribution in [2.45, 2.75) is 6.92 Å². The molecule has 2 N–H and O–H groups in total. The van der Waals surface area contributed by atoms with Crippen molar-refractivity contribution in [3.8, 4) is 44.5 Å². The molecular weight excluding hydrogens is 460 g/mol. The van der Waals surface area contributed by atoms with Crippen LogP contribution in [0.4, 0.5) is 0 Å². The molecule has 0 heterocycles. The summed E-state index contributed by atoms with van der Waals surface area (Å²) in [6.45, 7) is 2.06. The predicted octanol–water partition coefficient (Wildman–Crippen LogP) is 8.06. The molecule has 4 heteroatoms. The fourth-order valence-electron chi connectivity index (χ4n) is 4.49. The Bertz CT molecular complexity index is 1580. The van der Waals surface area contributed by atoms with Crippen molar-refractivity contribution in [2.75, 3.05) is 0 Å². The topological polar surface area (TPSA) is 74.6 Å². The van der Waals surface area contributed by atoms with Gasteiger partial charge < -0.3 is 10.2 Å². The molecule has 0 radical (unpaired) electrons. The van der Waals surface area contributed by atoms with Gasteiger partial charge in [0, 0.05) is 0 Å².